The molecule has 148 valence electrons. The molecule has 2 saturated heterocycles. The van der Waals surface area contributed by atoms with Crippen molar-refractivity contribution in [3.8, 4) is 5.75 Å². The molecule has 0 radical (unpaired) electrons. The Morgan fingerprint density at radius 3 is 2.44 bits per heavy atom. The highest BCUT2D eigenvalue weighted by Gasteiger charge is 2.43. The van der Waals surface area contributed by atoms with Gasteiger partial charge in [0, 0.05) is 38.3 Å². The van der Waals surface area contributed by atoms with Crippen LogP contribution in [0, 0.1) is 5.41 Å². The van der Waals surface area contributed by atoms with Crippen LogP contribution in [0.1, 0.15) is 31.7 Å². The van der Waals surface area contributed by atoms with E-state index in [1.54, 1.807) is 18.9 Å². The van der Waals surface area contributed by atoms with E-state index in [1.807, 2.05) is 24.3 Å². The van der Waals surface area contributed by atoms with Gasteiger partial charge in [0.1, 0.15) is 5.75 Å². The summed E-state index contributed by atoms with van der Waals surface area (Å²) in [5.74, 6) is -0.0491. The van der Waals surface area contributed by atoms with Gasteiger partial charge in [0.05, 0.1) is 12.5 Å². The number of ether oxygens (including phenoxy) is 2. The molecule has 0 aliphatic carbocycles. The van der Waals surface area contributed by atoms with Gasteiger partial charge in [-0.2, -0.15) is 0 Å². The fourth-order valence-corrected chi connectivity index (χ4v) is 3.94. The summed E-state index contributed by atoms with van der Waals surface area (Å²) >= 11 is 0. The third kappa shape index (κ3) is 4.03. The highest BCUT2D eigenvalue weighted by atomic mass is 16.5. The molecule has 0 bridgehead atoms. The number of aliphatic carboxylic acids is 1. The van der Waals surface area contributed by atoms with Gasteiger partial charge < -0.3 is 24.8 Å². The van der Waals surface area contributed by atoms with E-state index in [9.17, 15) is 14.7 Å². The Balaban J connectivity index is 1.68. The molecular formula is C20H28N2O5. The van der Waals surface area contributed by atoms with Crippen molar-refractivity contribution in [2.45, 2.75) is 31.6 Å². The molecule has 2 N–H and O–H groups in total. The van der Waals surface area contributed by atoms with Crippen molar-refractivity contribution in [1.82, 2.24) is 10.2 Å². The number of methoxy groups -OCH3 is 1. The molecule has 1 aromatic rings. The summed E-state index contributed by atoms with van der Waals surface area (Å²) in [5, 5.41) is 12.4. The Hall–Kier alpha value is -2.28. The van der Waals surface area contributed by atoms with Gasteiger partial charge in [-0.1, -0.05) is 12.1 Å². The number of benzene rings is 1. The summed E-state index contributed by atoms with van der Waals surface area (Å²) in [4.78, 5) is 25.7. The first-order valence-corrected chi connectivity index (χ1v) is 9.37. The standard InChI is InChI=1S/C20H28N2O5/c1-19(17(23)24)7-10-22(14-19)18(25)21-13-20(8-11-27-12-9-20)15-3-5-16(26-2)6-4-15/h3-6H,7-14H2,1-2H3,(H,21,25)(H,23,24). The molecule has 2 aliphatic heterocycles. The lowest BCUT2D eigenvalue weighted by molar-refractivity contribution is -0.147. The minimum absolute atomic E-state index is 0.185. The molecule has 7 nitrogen and oxygen atoms in total. The summed E-state index contributed by atoms with van der Waals surface area (Å²) < 4.78 is 10.8. The second-order valence-electron chi connectivity index (χ2n) is 7.82. The highest BCUT2D eigenvalue weighted by Crippen LogP contribution is 2.35. The number of carboxylic acids is 1. The van der Waals surface area contributed by atoms with Crippen molar-refractivity contribution >= 4 is 12.0 Å². The van der Waals surface area contributed by atoms with E-state index in [-0.39, 0.29) is 18.0 Å². The van der Waals surface area contributed by atoms with Crippen molar-refractivity contribution in [3.63, 3.8) is 0 Å². The maximum absolute atomic E-state index is 12.6. The maximum atomic E-state index is 12.6. The predicted octanol–water partition coefficient (Wildman–Crippen LogP) is 2.25. The molecule has 7 heteroatoms. The number of rotatable bonds is 5. The SMILES string of the molecule is COc1ccc(C2(CNC(=O)N3CCC(C)(C(=O)O)C3)CCOCC2)cc1. The number of urea groups is 1. The number of likely N-dealkylation sites (tertiary alicyclic amines) is 1. The lowest BCUT2D eigenvalue weighted by Gasteiger charge is -2.38. The first-order valence-electron chi connectivity index (χ1n) is 9.37. The number of hydrogen-bond acceptors (Lipinski definition) is 4. The number of carbonyl (C=O) groups excluding carboxylic acids is 1. The van der Waals surface area contributed by atoms with Gasteiger partial charge in [-0.3, -0.25) is 4.79 Å². The molecule has 2 amide bonds. The zero-order valence-electron chi connectivity index (χ0n) is 16.0. The van der Waals surface area contributed by atoms with Gasteiger partial charge in [0.2, 0.25) is 0 Å². The van der Waals surface area contributed by atoms with Crippen LogP contribution >= 0.6 is 0 Å². The summed E-state index contributed by atoms with van der Waals surface area (Å²) in [6.45, 7) is 4.22. The lowest BCUT2D eigenvalue weighted by atomic mass is 9.74. The molecule has 0 saturated carbocycles. The van der Waals surface area contributed by atoms with E-state index in [1.165, 1.54) is 0 Å². The van der Waals surface area contributed by atoms with E-state index >= 15 is 0 Å². The van der Waals surface area contributed by atoms with Crippen LogP contribution < -0.4 is 10.1 Å². The Kier molecular flexibility index (Phi) is 5.60. The number of carbonyl (C=O) groups is 2. The average Bonchev–Trinajstić information content (AvgIpc) is 3.11. The van der Waals surface area contributed by atoms with Crippen LogP contribution in [0.3, 0.4) is 0 Å². The minimum Gasteiger partial charge on any atom is -0.497 e. The molecule has 3 rings (SSSR count). The number of amides is 2. The number of carboxylic acid groups (broad SMARTS) is 1. The number of nitrogens with one attached hydrogen (secondary N) is 1. The van der Waals surface area contributed by atoms with Gasteiger partial charge in [-0.15, -0.1) is 0 Å². The van der Waals surface area contributed by atoms with Crippen molar-refractivity contribution in [1.29, 1.82) is 0 Å². The first kappa shape index (κ1) is 19.5. The van der Waals surface area contributed by atoms with Crippen molar-refractivity contribution < 1.29 is 24.2 Å². The van der Waals surface area contributed by atoms with Gasteiger partial charge in [0.25, 0.3) is 0 Å². The number of nitrogens with zero attached hydrogens (tertiary/aromatic N) is 1. The fraction of sp³-hybridized carbons (Fsp3) is 0.600. The molecule has 27 heavy (non-hydrogen) atoms. The topological polar surface area (TPSA) is 88.1 Å². The summed E-state index contributed by atoms with van der Waals surface area (Å²) in [5.41, 5.74) is 0.114. The van der Waals surface area contributed by atoms with Crippen molar-refractivity contribution in [2.75, 3.05) is 40.0 Å². The normalized spacial score (nSPS) is 24.4. The maximum Gasteiger partial charge on any atom is 0.317 e. The van der Waals surface area contributed by atoms with E-state index < -0.39 is 11.4 Å². The monoisotopic (exact) mass is 376 g/mol. The van der Waals surface area contributed by atoms with Crippen LogP contribution in [0.2, 0.25) is 0 Å². The molecule has 1 unspecified atom stereocenters. The number of hydrogen-bond donors (Lipinski definition) is 2. The molecular weight excluding hydrogens is 348 g/mol. The van der Waals surface area contributed by atoms with E-state index in [0.717, 1.165) is 24.2 Å². The van der Waals surface area contributed by atoms with Gasteiger partial charge >= 0.3 is 12.0 Å². The Labute approximate surface area is 159 Å². The van der Waals surface area contributed by atoms with Crippen LogP contribution in [0.4, 0.5) is 4.79 Å². The fourth-order valence-electron chi connectivity index (χ4n) is 3.94. The Bertz CT molecular complexity index is 684. The smallest absolute Gasteiger partial charge is 0.317 e. The summed E-state index contributed by atoms with van der Waals surface area (Å²) in [6.07, 6.45) is 2.13. The van der Waals surface area contributed by atoms with E-state index in [2.05, 4.69) is 5.32 Å². The highest BCUT2D eigenvalue weighted by molar-refractivity contribution is 5.79. The summed E-state index contributed by atoms with van der Waals surface area (Å²) in [7, 11) is 1.64. The van der Waals surface area contributed by atoms with Crippen molar-refractivity contribution in [2.24, 2.45) is 5.41 Å². The Morgan fingerprint density at radius 2 is 1.89 bits per heavy atom. The molecule has 0 spiro atoms. The zero-order valence-corrected chi connectivity index (χ0v) is 16.0. The third-order valence-corrected chi connectivity index (χ3v) is 6.01. The Morgan fingerprint density at radius 1 is 1.22 bits per heavy atom. The van der Waals surface area contributed by atoms with E-state index in [4.69, 9.17) is 9.47 Å². The third-order valence-electron chi connectivity index (χ3n) is 6.01. The average molecular weight is 376 g/mol. The van der Waals surface area contributed by atoms with Crippen LogP contribution in [-0.4, -0.2) is 62.0 Å². The molecule has 0 aromatic heterocycles. The van der Waals surface area contributed by atoms with Gasteiger partial charge in [0.15, 0.2) is 0 Å². The van der Waals surface area contributed by atoms with Crippen LogP contribution in [0.5, 0.6) is 5.75 Å². The minimum atomic E-state index is -0.857. The molecule has 2 fully saturated rings. The summed E-state index contributed by atoms with van der Waals surface area (Å²) in [6, 6.07) is 7.78. The lowest BCUT2D eigenvalue weighted by Crippen LogP contribution is -2.48. The van der Waals surface area contributed by atoms with Crippen molar-refractivity contribution in [3.05, 3.63) is 29.8 Å². The van der Waals surface area contributed by atoms with E-state index in [0.29, 0.717) is 32.7 Å². The molecule has 1 aromatic carbocycles. The van der Waals surface area contributed by atoms with Crippen LogP contribution in [-0.2, 0) is 14.9 Å². The molecule has 2 aliphatic rings. The second-order valence-corrected chi connectivity index (χ2v) is 7.82. The van der Waals surface area contributed by atoms with Crippen LogP contribution in [0.15, 0.2) is 24.3 Å². The first-order chi connectivity index (χ1) is 12.9. The van der Waals surface area contributed by atoms with Crippen LogP contribution in [0.25, 0.3) is 0 Å². The van der Waals surface area contributed by atoms with Gasteiger partial charge in [-0.25, -0.2) is 4.79 Å². The quantitative estimate of drug-likeness (QED) is 0.823. The molecule has 2 heterocycles. The second kappa shape index (κ2) is 7.76. The predicted molar refractivity (Wildman–Crippen MR) is 100 cm³/mol. The molecule has 1 atom stereocenters. The van der Waals surface area contributed by atoms with Gasteiger partial charge in [-0.05, 0) is 43.9 Å². The zero-order chi connectivity index (χ0) is 19.5. The largest absolute Gasteiger partial charge is 0.497 e.